The number of amides is 1. The molecule has 4 aromatic rings. The molecule has 0 bridgehead atoms. The van der Waals surface area contributed by atoms with Crippen LogP contribution in [0.5, 0.6) is 0 Å². The summed E-state index contributed by atoms with van der Waals surface area (Å²) in [6.45, 7) is 2.79. The highest BCUT2D eigenvalue weighted by Crippen LogP contribution is 2.22. The number of fused-ring (bicyclic) bond motifs is 1. The van der Waals surface area contributed by atoms with Crippen LogP contribution in [0.4, 0.5) is 10.1 Å². The fourth-order valence-electron chi connectivity index (χ4n) is 4.14. The van der Waals surface area contributed by atoms with Crippen LogP contribution in [-0.2, 0) is 6.54 Å². The minimum absolute atomic E-state index is 0.0929. The number of anilines is 1. The Hall–Kier alpha value is -3.58. The summed E-state index contributed by atoms with van der Waals surface area (Å²) >= 11 is 6.10. The average molecular weight is 466 g/mol. The van der Waals surface area contributed by atoms with Gasteiger partial charge in [0.2, 0.25) is 0 Å². The van der Waals surface area contributed by atoms with Crippen molar-refractivity contribution in [1.82, 2.24) is 9.47 Å². The van der Waals surface area contributed by atoms with Crippen LogP contribution in [0.3, 0.4) is 0 Å². The molecule has 1 fully saturated rings. The van der Waals surface area contributed by atoms with E-state index in [0.29, 0.717) is 47.9 Å². The number of halogens is 2. The lowest BCUT2D eigenvalue weighted by molar-refractivity contribution is 0.0747. The molecule has 1 saturated heterocycles. The second-order valence-electron chi connectivity index (χ2n) is 8.02. The quantitative estimate of drug-likeness (QED) is 0.448. The molecule has 5 rings (SSSR count). The molecule has 1 aliphatic rings. The summed E-state index contributed by atoms with van der Waals surface area (Å²) < 4.78 is 20.0. The standard InChI is InChI=1S/C25H21ClFN3O3/c26-19-2-1-3-21(15-19)28-10-12-29(13-11-28)24(31)18-6-9-23-22(14-18)30(25(32)33-23)16-17-4-7-20(27)8-5-17/h1-9,14-15H,10-13,16H2. The third-order valence-corrected chi connectivity index (χ3v) is 6.14. The lowest BCUT2D eigenvalue weighted by atomic mass is 10.1. The van der Waals surface area contributed by atoms with Crippen molar-refractivity contribution in [2.45, 2.75) is 6.54 Å². The minimum atomic E-state index is -0.519. The van der Waals surface area contributed by atoms with Crippen LogP contribution < -0.4 is 10.7 Å². The highest BCUT2D eigenvalue weighted by Gasteiger charge is 2.23. The molecular formula is C25H21ClFN3O3. The molecule has 168 valence electrons. The van der Waals surface area contributed by atoms with Crippen LogP contribution in [0.25, 0.3) is 11.1 Å². The van der Waals surface area contributed by atoms with Crippen LogP contribution in [0.1, 0.15) is 15.9 Å². The van der Waals surface area contributed by atoms with Crippen LogP contribution in [0.2, 0.25) is 5.02 Å². The maximum absolute atomic E-state index is 13.2. The molecule has 2 heterocycles. The third-order valence-electron chi connectivity index (χ3n) is 5.91. The number of carbonyl (C=O) groups is 1. The number of hydrogen-bond acceptors (Lipinski definition) is 4. The summed E-state index contributed by atoms with van der Waals surface area (Å²) in [5, 5.41) is 0.686. The molecule has 8 heteroatoms. The van der Waals surface area contributed by atoms with Crippen LogP contribution in [0.15, 0.2) is 75.9 Å². The van der Waals surface area contributed by atoms with Crippen molar-refractivity contribution in [2.75, 3.05) is 31.1 Å². The van der Waals surface area contributed by atoms with E-state index in [1.54, 1.807) is 30.3 Å². The summed E-state index contributed by atoms with van der Waals surface area (Å²) in [5.74, 6) is -0.954. The van der Waals surface area contributed by atoms with Crippen molar-refractivity contribution >= 4 is 34.3 Å². The molecule has 0 saturated carbocycles. The molecule has 0 spiro atoms. The van der Waals surface area contributed by atoms with E-state index < -0.39 is 5.76 Å². The molecule has 1 aliphatic heterocycles. The van der Waals surface area contributed by atoms with Gasteiger partial charge in [0.25, 0.3) is 5.91 Å². The number of nitrogens with zero attached hydrogens (tertiary/aromatic N) is 3. The second-order valence-corrected chi connectivity index (χ2v) is 8.46. The molecule has 0 unspecified atom stereocenters. The second kappa shape index (κ2) is 8.75. The summed E-state index contributed by atoms with van der Waals surface area (Å²) in [6, 6.07) is 18.6. The van der Waals surface area contributed by atoms with Crippen molar-refractivity contribution in [3.8, 4) is 0 Å². The molecule has 0 radical (unpaired) electrons. The maximum atomic E-state index is 13.2. The van der Waals surface area contributed by atoms with Gasteiger partial charge in [0.05, 0.1) is 12.1 Å². The fraction of sp³-hybridized carbons (Fsp3) is 0.200. The lowest BCUT2D eigenvalue weighted by Crippen LogP contribution is -2.48. The lowest BCUT2D eigenvalue weighted by Gasteiger charge is -2.36. The molecule has 0 atom stereocenters. The van der Waals surface area contributed by atoms with Crippen LogP contribution >= 0.6 is 11.6 Å². The number of carbonyl (C=O) groups excluding carboxylic acids is 1. The Morgan fingerprint density at radius 3 is 2.45 bits per heavy atom. The van der Waals surface area contributed by atoms with Gasteiger partial charge in [-0.25, -0.2) is 9.18 Å². The number of aromatic nitrogens is 1. The Morgan fingerprint density at radius 1 is 0.970 bits per heavy atom. The zero-order valence-electron chi connectivity index (χ0n) is 17.7. The first kappa shape index (κ1) is 21.3. The SMILES string of the molecule is O=C(c1ccc2oc(=O)n(Cc3ccc(F)cc3)c2c1)N1CCN(c2cccc(Cl)c2)CC1. The van der Waals surface area contributed by atoms with E-state index in [4.69, 9.17) is 16.0 Å². The number of benzene rings is 3. The Balaban J connectivity index is 1.35. The predicted octanol–water partition coefficient (Wildman–Crippen LogP) is 4.40. The van der Waals surface area contributed by atoms with E-state index >= 15 is 0 Å². The van der Waals surface area contributed by atoms with Crippen molar-refractivity contribution in [1.29, 1.82) is 0 Å². The first-order chi connectivity index (χ1) is 16.0. The van der Waals surface area contributed by atoms with Crippen LogP contribution in [0, 0.1) is 5.82 Å². The zero-order valence-corrected chi connectivity index (χ0v) is 18.5. The van der Waals surface area contributed by atoms with Gasteiger partial charge >= 0.3 is 5.76 Å². The van der Waals surface area contributed by atoms with E-state index in [1.807, 2.05) is 29.2 Å². The Kier molecular flexibility index (Phi) is 5.64. The van der Waals surface area contributed by atoms with E-state index in [-0.39, 0.29) is 18.3 Å². The maximum Gasteiger partial charge on any atom is 0.420 e. The van der Waals surface area contributed by atoms with E-state index in [0.717, 1.165) is 11.3 Å². The van der Waals surface area contributed by atoms with E-state index in [1.165, 1.54) is 16.7 Å². The molecule has 1 aromatic heterocycles. The van der Waals surface area contributed by atoms with E-state index in [9.17, 15) is 14.0 Å². The van der Waals surface area contributed by atoms with Crippen molar-refractivity contribution in [3.63, 3.8) is 0 Å². The van der Waals surface area contributed by atoms with Gasteiger partial charge in [-0.3, -0.25) is 9.36 Å². The van der Waals surface area contributed by atoms with Crippen LogP contribution in [-0.4, -0.2) is 41.6 Å². The number of piperazine rings is 1. The molecule has 6 nitrogen and oxygen atoms in total. The minimum Gasteiger partial charge on any atom is -0.408 e. The summed E-state index contributed by atoms with van der Waals surface area (Å²) in [5.41, 5.74) is 3.24. The van der Waals surface area contributed by atoms with Crippen molar-refractivity contribution < 1.29 is 13.6 Å². The molecule has 33 heavy (non-hydrogen) atoms. The van der Waals surface area contributed by atoms with E-state index in [2.05, 4.69) is 4.90 Å². The normalized spacial score (nSPS) is 14.1. The summed E-state index contributed by atoms with van der Waals surface area (Å²) in [4.78, 5) is 29.6. The summed E-state index contributed by atoms with van der Waals surface area (Å²) in [6.07, 6.45) is 0. The fourth-order valence-corrected chi connectivity index (χ4v) is 4.32. The zero-order chi connectivity index (χ0) is 22.9. The molecular weight excluding hydrogens is 445 g/mol. The molecule has 0 aliphatic carbocycles. The average Bonchev–Trinajstić information content (AvgIpc) is 3.14. The van der Waals surface area contributed by atoms with Gasteiger partial charge in [-0.05, 0) is 54.1 Å². The molecule has 0 N–H and O–H groups in total. The first-order valence-corrected chi connectivity index (χ1v) is 11.0. The first-order valence-electron chi connectivity index (χ1n) is 10.7. The largest absolute Gasteiger partial charge is 0.420 e. The summed E-state index contributed by atoms with van der Waals surface area (Å²) in [7, 11) is 0. The third kappa shape index (κ3) is 4.36. The number of hydrogen-bond donors (Lipinski definition) is 0. The van der Waals surface area contributed by atoms with Gasteiger partial charge in [0.1, 0.15) is 5.82 Å². The monoisotopic (exact) mass is 465 g/mol. The Bertz CT molecular complexity index is 1370. The predicted molar refractivity (Wildman–Crippen MR) is 126 cm³/mol. The Morgan fingerprint density at radius 2 is 1.73 bits per heavy atom. The highest BCUT2D eigenvalue weighted by atomic mass is 35.5. The topological polar surface area (TPSA) is 58.7 Å². The number of oxazole rings is 1. The Labute approximate surface area is 194 Å². The van der Waals surface area contributed by atoms with Gasteiger partial charge < -0.3 is 14.2 Å². The number of rotatable bonds is 4. The van der Waals surface area contributed by atoms with Gasteiger partial charge in [0, 0.05) is 42.5 Å². The smallest absolute Gasteiger partial charge is 0.408 e. The van der Waals surface area contributed by atoms with Gasteiger partial charge in [-0.2, -0.15) is 0 Å². The van der Waals surface area contributed by atoms with Crippen molar-refractivity contribution in [2.24, 2.45) is 0 Å². The molecule has 3 aromatic carbocycles. The van der Waals surface area contributed by atoms with Gasteiger partial charge in [0.15, 0.2) is 5.58 Å². The van der Waals surface area contributed by atoms with Gasteiger partial charge in [-0.1, -0.05) is 29.8 Å². The highest BCUT2D eigenvalue weighted by molar-refractivity contribution is 6.30. The van der Waals surface area contributed by atoms with Gasteiger partial charge in [-0.15, -0.1) is 0 Å². The molecule has 1 amide bonds. The van der Waals surface area contributed by atoms with Crippen molar-refractivity contribution in [3.05, 3.63) is 99.2 Å².